The van der Waals surface area contributed by atoms with E-state index in [4.69, 9.17) is 5.73 Å². The van der Waals surface area contributed by atoms with E-state index in [-0.39, 0.29) is 17.9 Å². The number of fused-ring (bicyclic) bond motifs is 1. The van der Waals surface area contributed by atoms with E-state index in [0.717, 1.165) is 37.2 Å². The van der Waals surface area contributed by atoms with Gasteiger partial charge in [-0.3, -0.25) is 4.79 Å². The highest BCUT2D eigenvalue weighted by atomic mass is 32.1. The molecular formula is C13H19N3OS. The molecule has 2 aliphatic carbocycles. The van der Waals surface area contributed by atoms with Gasteiger partial charge in [-0.1, -0.05) is 0 Å². The zero-order valence-electron chi connectivity index (χ0n) is 10.4. The lowest BCUT2D eigenvalue weighted by Crippen LogP contribution is -2.23. The predicted octanol–water partition coefficient (Wildman–Crippen LogP) is 2.09. The maximum atomic E-state index is 12.1. The largest absolute Gasteiger partial charge is 0.328 e. The van der Waals surface area contributed by atoms with Crippen molar-refractivity contribution >= 4 is 22.4 Å². The predicted molar refractivity (Wildman–Crippen MR) is 72.7 cm³/mol. The van der Waals surface area contributed by atoms with Gasteiger partial charge < -0.3 is 11.1 Å². The summed E-state index contributed by atoms with van der Waals surface area (Å²) in [5, 5.41) is 3.76. The molecule has 1 heterocycles. The third-order valence-electron chi connectivity index (χ3n) is 3.92. The number of nitrogens with zero attached hydrogens (tertiary/aromatic N) is 1. The number of rotatable bonds is 2. The first-order valence-electron chi connectivity index (χ1n) is 6.77. The smallest absolute Gasteiger partial charge is 0.229 e. The SMILES string of the molecule is NC1CCC(C(=O)Nc2nc3c(s2)CCCC3)C1. The van der Waals surface area contributed by atoms with Crippen LogP contribution in [0.2, 0.25) is 0 Å². The number of amides is 1. The van der Waals surface area contributed by atoms with Crippen LogP contribution in [0.5, 0.6) is 0 Å². The summed E-state index contributed by atoms with van der Waals surface area (Å²) >= 11 is 1.65. The minimum absolute atomic E-state index is 0.0842. The molecule has 0 radical (unpaired) electrons. The van der Waals surface area contributed by atoms with Crippen molar-refractivity contribution in [2.75, 3.05) is 5.32 Å². The van der Waals surface area contributed by atoms with E-state index in [0.29, 0.717) is 0 Å². The summed E-state index contributed by atoms with van der Waals surface area (Å²) in [6.45, 7) is 0. The minimum atomic E-state index is 0.0842. The molecule has 0 aromatic carbocycles. The Balaban J connectivity index is 1.65. The monoisotopic (exact) mass is 265 g/mol. The first kappa shape index (κ1) is 12.1. The fraction of sp³-hybridized carbons (Fsp3) is 0.692. The molecule has 0 aliphatic heterocycles. The molecule has 2 atom stereocenters. The average molecular weight is 265 g/mol. The van der Waals surface area contributed by atoms with Crippen molar-refractivity contribution in [2.24, 2.45) is 11.7 Å². The number of aryl methyl sites for hydroxylation is 2. The van der Waals surface area contributed by atoms with Gasteiger partial charge in [0.25, 0.3) is 0 Å². The number of hydrogen-bond acceptors (Lipinski definition) is 4. The van der Waals surface area contributed by atoms with Gasteiger partial charge in [0.2, 0.25) is 5.91 Å². The lowest BCUT2D eigenvalue weighted by Gasteiger charge is -2.08. The third-order valence-corrected chi connectivity index (χ3v) is 4.99. The highest BCUT2D eigenvalue weighted by Crippen LogP contribution is 2.31. The number of carbonyl (C=O) groups is 1. The molecule has 18 heavy (non-hydrogen) atoms. The second kappa shape index (κ2) is 4.97. The molecule has 1 aromatic rings. The van der Waals surface area contributed by atoms with Crippen LogP contribution < -0.4 is 11.1 Å². The molecule has 0 spiro atoms. The molecule has 98 valence electrons. The van der Waals surface area contributed by atoms with E-state index in [9.17, 15) is 4.79 Å². The van der Waals surface area contributed by atoms with Gasteiger partial charge in [0.1, 0.15) is 0 Å². The summed E-state index contributed by atoms with van der Waals surface area (Å²) in [5.74, 6) is 0.190. The van der Waals surface area contributed by atoms with Gasteiger partial charge in [0.05, 0.1) is 5.69 Å². The van der Waals surface area contributed by atoms with Crippen molar-refractivity contribution in [3.8, 4) is 0 Å². The molecule has 2 unspecified atom stereocenters. The quantitative estimate of drug-likeness (QED) is 0.860. The number of thiazole rings is 1. The van der Waals surface area contributed by atoms with Crippen LogP contribution in [-0.4, -0.2) is 16.9 Å². The average Bonchev–Trinajstić information content (AvgIpc) is 2.94. The van der Waals surface area contributed by atoms with Crippen molar-refractivity contribution in [2.45, 2.75) is 51.0 Å². The van der Waals surface area contributed by atoms with E-state index in [1.165, 1.54) is 23.4 Å². The highest BCUT2D eigenvalue weighted by Gasteiger charge is 2.28. The number of nitrogens with one attached hydrogen (secondary N) is 1. The second-order valence-corrected chi connectivity index (χ2v) is 6.44. The summed E-state index contributed by atoms with van der Waals surface area (Å²) in [5.41, 5.74) is 7.04. The van der Waals surface area contributed by atoms with Gasteiger partial charge >= 0.3 is 0 Å². The van der Waals surface area contributed by atoms with Crippen LogP contribution >= 0.6 is 11.3 Å². The molecule has 0 saturated heterocycles. The molecule has 1 fully saturated rings. The lowest BCUT2D eigenvalue weighted by atomic mass is 10.0. The number of nitrogens with two attached hydrogens (primary N) is 1. The summed E-state index contributed by atoms with van der Waals surface area (Å²) in [6.07, 6.45) is 7.36. The fourth-order valence-electron chi connectivity index (χ4n) is 2.87. The van der Waals surface area contributed by atoms with Crippen LogP contribution in [0.25, 0.3) is 0 Å². The molecule has 2 aliphatic rings. The Morgan fingerprint density at radius 1 is 1.33 bits per heavy atom. The molecule has 5 heteroatoms. The van der Waals surface area contributed by atoms with Gasteiger partial charge in [-0.2, -0.15) is 0 Å². The first-order chi connectivity index (χ1) is 8.72. The summed E-state index contributed by atoms with van der Waals surface area (Å²) < 4.78 is 0. The Hall–Kier alpha value is -0.940. The Bertz CT molecular complexity index is 434. The maximum absolute atomic E-state index is 12.1. The molecule has 0 bridgehead atoms. The normalized spacial score (nSPS) is 26.9. The van der Waals surface area contributed by atoms with Crippen LogP contribution in [0.4, 0.5) is 5.13 Å². The van der Waals surface area contributed by atoms with Crippen LogP contribution in [0.3, 0.4) is 0 Å². The van der Waals surface area contributed by atoms with Gasteiger partial charge in [0.15, 0.2) is 5.13 Å². The topological polar surface area (TPSA) is 68.0 Å². The third kappa shape index (κ3) is 2.42. The van der Waals surface area contributed by atoms with Crippen LogP contribution in [0.1, 0.15) is 42.7 Å². The van der Waals surface area contributed by atoms with E-state index in [1.54, 1.807) is 11.3 Å². The summed E-state index contributed by atoms with van der Waals surface area (Å²) in [4.78, 5) is 18.0. The zero-order chi connectivity index (χ0) is 12.5. The maximum Gasteiger partial charge on any atom is 0.229 e. The van der Waals surface area contributed by atoms with E-state index >= 15 is 0 Å². The fourth-order valence-corrected chi connectivity index (χ4v) is 3.92. The molecular weight excluding hydrogens is 246 g/mol. The highest BCUT2D eigenvalue weighted by molar-refractivity contribution is 7.15. The van der Waals surface area contributed by atoms with Crippen molar-refractivity contribution < 1.29 is 4.79 Å². The lowest BCUT2D eigenvalue weighted by molar-refractivity contribution is -0.119. The van der Waals surface area contributed by atoms with Crippen molar-refractivity contribution in [3.05, 3.63) is 10.6 Å². The van der Waals surface area contributed by atoms with Crippen molar-refractivity contribution in [1.82, 2.24) is 4.98 Å². The number of carbonyl (C=O) groups excluding carboxylic acids is 1. The molecule has 3 rings (SSSR count). The molecule has 4 nitrogen and oxygen atoms in total. The molecule has 3 N–H and O–H groups in total. The van der Waals surface area contributed by atoms with Gasteiger partial charge in [0, 0.05) is 16.8 Å². The Morgan fingerprint density at radius 2 is 2.17 bits per heavy atom. The number of hydrogen-bond donors (Lipinski definition) is 2. The Morgan fingerprint density at radius 3 is 2.89 bits per heavy atom. The Kier molecular flexibility index (Phi) is 3.35. The van der Waals surface area contributed by atoms with E-state index in [1.807, 2.05) is 0 Å². The van der Waals surface area contributed by atoms with Crippen LogP contribution in [0.15, 0.2) is 0 Å². The first-order valence-corrected chi connectivity index (χ1v) is 7.59. The molecule has 1 amide bonds. The summed E-state index contributed by atoms with van der Waals surface area (Å²) in [7, 11) is 0. The van der Waals surface area contributed by atoms with Gasteiger partial charge in [-0.15, -0.1) is 11.3 Å². The molecule has 1 saturated carbocycles. The van der Waals surface area contributed by atoms with Gasteiger partial charge in [-0.05, 0) is 44.9 Å². The number of anilines is 1. The summed E-state index contributed by atoms with van der Waals surface area (Å²) in [6, 6.07) is 0.199. The van der Waals surface area contributed by atoms with Crippen LogP contribution in [-0.2, 0) is 17.6 Å². The Labute approximate surface area is 111 Å². The molecule has 1 aromatic heterocycles. The minimum Gasteiger partial charge on any atom is -0.328 e. The number of aromatic nitrogens is 1. The van der Waals surface area contributed by atoms with E-state index < -0.39 is 0 Å². The van der Waals surface area contributed by atoms with Gasteiger partial charge in [-0.25, -0.2) is 4.98 Å². The van der Waals surface area contributed by atoms with Crippen LogP contribution in [0, 0.1) is 5.92 Å². The van der Waals surface area contributed by atoms with Crippen molar-refractivity contribution in [3.63, 3.8) is 0 Å². The zero-order valence-corrected chi connectivity index (χ0v) is 11.3. The standard InChI is InChI=1S/C13H19N3OS/c14-9-6-5-8(7-9)12(17)16-13-15-10-3-1-2-4-11(10)18-13/h8-9H,1-7,14H2,(H,15,16,17). The van der Waals surface area contributed by atoms with E-state index in [2.05, 4.69) is 10.3 Å². The second-order valence-electron chi connectivity index (χ2n) is 5.36. The van der Waals surface area contributed by atoms with Crippen molar-refractivity contribution in [1.29, 1.82) is 0 Å².